The summed E-state index contributed by atoms with van der Waals surface area (Å²) >= 11 is 5.44. The number of esters is 1. The van der Waals surface area contributed by atoms with Crippen LogP contribution in [-0.2, 0) is 4.74 Å². The van der Waals surface area contributed by atoms with Crippen molar-refractivity contribution < 1.29 is 23.2 Å². The molecular formula is C9H7ClF2N2O4. The number of alkyl halides is 2. The Bertz CT molecular complexity index is 496. The minimum atomic E-state index is -3.10. The van der Waals surface area contributed by atoms with Crippen molar-refractivity contribution in [2.24, 2.45) is 0 Å². The first-order valence-electron chi connectivity index (χ1n) is 4.68. The van der Waals surface area contributed by atoms with Crippen LogP contribution >= 0.6 is 11.6 Å². The maximum Gasteiger partial charge on any atom is 0.345 e. The average molecular weight is 281 g/mol. The van der Waals surface area contributed by atoms with Crippen molar-refractivity contribution in [2.75, 3.05) is 6.61 Å². The van der Waals surface area contributed by atoms with Crippen LogP contribution in [0.3, 0.4) is 0 Å². The van der Waals surface area contributed by atoms with Gasteiger partial charge < -0.3 is 4.74 Å². The van der Waals surface area contributed by atoms with Crippen LogP contribution in [0.1, 0.15) is 29.3 Å². The fourth-order valence-corrected chi connectivity index (χ4v) is 1.45. The topological polar surface area (TPSA) is 82.3 Å². The Kier molecular flexibility index (Phi) is 4.49. The van der Waals surface area contributed by atoms with E-state index in [4.69, 9.17) is 11.6 Å². The summed E-state index contributed by atoms with van der Waals surface area (Å²) in [5.41, 5.74) is -2.73. The molecule has 6 nitrogen and oxygen atoms in total. The van der Waals surface area contributed by atoms with Gasteiger partial charge in [0.2, 0.25) is 5.15 Å². The zero-order valence-corrected chi connectivity index (χ0v) is 9.78. The Labute approximate surface area is 105 Å². The maximum absolute atomic E-state index is 12.7. The highest BCUT2D eigenvalue weighted by molar-refractivity contribution is 6.32. The standard InChI is InChI=1S/C9H7ClF2N2O4/c1-2-18-9(15)5-4(8(11)12)3-13-7(10)6(5)14(16)17/h3,8H,2H2,1H3. The van der Waals surface area contributed by atoms with E-state index in [9.17, 15) is 23.7 Å². The SMILES string of the molecule is CCOC(=O)c1c(C(F)F)cnc(Cl)c1[N+](=O)[O-]. The number of hydrogen-bond acceptors (Lipinski definition) is 5. The molecule has 1 aromatic rings. The quantitative estimate of drug-likeness (QED) is 0.366. The smallest absolute Gasteiger partial charge is 0.345 e. The molecule has 1 aromatic heterocycles. The fourth-order valence-electron chi connectivity index (χ4n) is 1.24. The van der Waals surface area contributed by atoms with Crippen molar-refractivity contribution in [2.45, 2.75) is 13.3 Å². The van der Waals surface area contributed by atoms with Crippen molar-refractivity contribution in [1.29, 1.82) is 0 Å². The van der Waals surface area contributed by atoms with Gasteiger partial charge in [-0.15, -0.1) is 0 Å². The molecule has 0 saturated heterocycles. The molecule has 0 N–H and O–H groups in total. The zero-order valence-electron chi connectivity index (χ0n) is 9.02. The minimum absolute atomic E-state index is 0.112. The number of nitrogens with zero attached hydrogens (tertiary/aromatic N) is 2. The average Bonchev–Trinajstić information content (AvgIpc) is 2.27. The molecule has 0 atom stereocenters. The van der Waals surface area contributed by atoms with Crippen molar-refractivity contribution in [1.82, 2.24) is 4.98 Å². The second-order valence-electron chi connectivity index (χ2n) is 3.01. The summed E-state index contributed by atoms with van der Waals surface area (Å²) in [4.78, 5) is 24.5. The number of carbonyl (C=O) groups is 1. The first kappa shape index (κ1) is 14.2. The van der Waals surface area contributed by atoms with Crippen LogP contribution in [0.2, 0.25) is 5.15 Å². The number of nitro groups is 1. The number of carbonyl (C=O) groups excluding carboxylic acids is 1. The van der Waals surface area contributed by atoms with Gasteiger partial charge in [0, 0.05) is 6.20 Å². The molecule has 0 spiro atoms. The highest BCUT2D eigenvalue weighted by Gasteiger charge is 2.32. The Hall–Kier alpha value is -1.83. The predicted octanol–water partition coefficient (Wildman–Crippen LogP) is 2.76. The van der Waals surface area contributed by atoms with Gasteiger partial charge in [-0.05, 0) is 6.92 Å². The van der Waals surface area contributed by atoms with Crippen LogP contribution in [0.25, 0.3) is 0 Å². The number of ether oxygens (including phenoxy) is 1. The lowest BCUT2D eigenvalue weighted by atomic mass is 10.1. The predicted molar refractivity (Wildman–Crippen MR) is 56.8 cm³/mol. The van der Waals surface area contributed by atoms with Crippen LogP contribution in [0.4, 0.5) is 14.5 Å². The number of rotatable bonds is 4. The first-order chi connectivity index (χ1) is 8.40. The molecule has 0 unspecified atom stereocenters. The van der Waals surface area contributed by atoms with Gasteiger partial charge in [0.15, 0.2) is 5.56 Å². The third-order valence-corrected chi connectivity index (χ3v) is 2.21. The summed E-state index contributed by atoms with van der Waals surface area (Å²) in [6, 6.07) is 0. The number of hydrogen-bond donors (Lipinski definition) is 0. The lowest BCUT2D eigenvalue weighted by Crippen LogP contribution is -2.13. The van der Waals surface area contributed by atoms with Gasteiger partial charge in [0.05, 0.1) is 17.1 Å². The van der Waals surface area contributed by atoms with E-state index in [0.29, 0.717) is 6.20 Å². The molecule has 98 valence electrons. The van der Waals surface area contributed by atoms with E-state index in [1.54, 1.807) is 0 Å². The molecule has 0 aromatic carbocycles. The highest BCUT2D eigenvalue weighted by atomic mass is 35.5. The molecular weight excluding hydrogens is 274 g/mol. The Morgan fingerprint density at radius 2 is 2.28 bits per heavy atom. The molecule has 9 heteroatoms. The largest absolute Gasteiger partial charge is 0.462 e. The number of aromatic nitrogens is 1. The molecule has 0 amide bonds. The summed E-state index contributed by atoms with van der Waals surface area (Å²) in [6.07, 6.45) is -2.49. The molecule has 1 rings (SSSR count). The van der Waals surface area contributed by atoms with Gasteiger partial charge >= 0.3 is 11.7 Å². The van der Waals surface area contributed by atoms with E-state index in [0.717, 1.165) is 0 Å². The normalized spacial score (nSPS) is 10.5. The van der Waals surface area contributed by atoms with Gasteiger partial charge in [-0.2, -0.15) is 0 Å². The van der Waals surface area contributed by atoms with Crippen molar-refractivity contribution in [3.8, 4) is 0 Å². The third-order valence-electron chi connectivity index (χ3n) is 1.94. The monoisotopic (exact) mass is 280 g/mol. The van der Waals surface area contributed by atoms with Crippen molar-refractivity contribution in [3.63, 3.8) is 0 Å². The summed E-state index contributed by atoms with van der Waals surface area (Å²) in [5, 5.41) is 10.1. The van der Waals surface area contributed by atoms with Gasteiger partial charge in [0.1, 0.15) is 0 Å². The number of pyridine rings is 1. The Balaban J connectivity index is 3.53. The molecule has 0 aliphatic heterocycles. The van der Waals surface area contributed by atoms with Crippen LogP contribution in [0, 0.1) is 10.1 Å². The highest BCUT2D eigenvalue weighted by Crippen LogP contribution is 2.34. The summed E-state index contributed by atoms with van der Waals surface area (Å²) in [5.74, 6) is -1.23. The summed E-state index contributed by atoms with van der Waals surface area (Å²) < 4.78 is 29.9. The van der Waals surface area contributed by atoms with E-state index in [-0.39, 0.29) is 6.61 Å². The molecule has 0 aliphatic carbocycles. The van der Waals surface area contributed by atoms with Crippen LogP contribution < -0.4 is 0 Å². The Morgan fingerprint density at radius 1 is 1.67 bits per heavy atom. The van der Waals surface area contributed by atoms with E-state index in [1.165, 1.54) is 6.92 Å². The molecule has 0 saturated carbocycles. The molecule has 0 aliphatic rings. The van der Waals surface area contributed by atoms with Gasteiger partial charge in [-0.3, -0.25) is 10.1 Å². The molecule has 0 fully saturated rings. The van der Waals surface area contributed by atoms with Gasteiger partial charge in [-0.25, -0.2) is 18.6 Å². The third kappa shape index (κ3) is 2.70. The van der Waals surface area contributed by atoms with E-state index >= 15 is 0 Å². The van der Waals surface area contributed by atoms with Gasteiger partial charge in [0.25, 0.3) is 6.43 Å². The molecule has 1 heterocycles. The minimum Gasteiger partial charge on any atom is -0.462 e. The molecule has 0 radical (unpaired) electrons. The molecule has 0 bridgehead atoms. The first-order valence-corrected chi connectivity index (χ1v) is 5.06. The Morgan fingerprint density at radius 3 is 2.72 bits per heavy atom. The lowest BCUT2D eigenvalue weighted by molar-refractivity contribution is -0.385. The van der Waals surface area contributed by atoms with Crippen LogP contribution in [-0.4, -0.2) is 22.5 Å². The zero-order chi connectivity index (χ0) is 13.9. The van der Waals surface area contributed by atoms with Crippen molar-refractivity contribution in [3.05, 3.63) is 32.6 Å². The van der Waals surface area contributed by atoms with Crippen LogP contribution in [0.5, 0.6) is 0 Å². The maximum atomic E-state index is 12.7. The number of halogens is 3. The van der Waals surface area contributed by atoms with E-state index in [1.807, 2.05) is 0 Å². The summed E-state index contributed by atoms with van der Waals surface area (Å²) in [7, 11) is 0. The van der Waals surface area contributed by atoms with E-state index < -0.39 is 39.3 Å². The van der Waals surface area contributed by atoms with Gasteiger partial charge in [-0.1, -0.05) is 11.6 Å². The fraction of sp³-hybridized carbons (Fsp3) is 0.333. The van der Waals surface area contributed by atoms with Crippen molar-refractivity contribution >= 4 is 23.3 Å². The molecule has 18 heavy (non-hydrogen) atoms. The second-order valence-corrected chi connectivity index (χ2v) is 3.36. The van der Waals surface area contributed by atoms with E-state index in [2.05, 4.69) is 9.72 Å². The van der Waals surface area contributed by atoms with Crippen LogP contribution in [0.15, 0.2) is 6.20 Å². The summed E-state index contributed by atoms with van der Waals surface area (Å²) in [6.45, 7) is 1.33. The second kappa shape index (κ2) is 5.67. The lowest BCUT2D eigenvalue weighted by Gasteiger charge is -2.08.